The highest BCUT2D eigenvalue weighted by Crippen LogP contribution is 2.54. The Morgan fingerprint density at radius 3 is 1.86 bits per heavy atom. The van der Waals surface area contributed by atoms with Gasteiger partial charge < -0.3 is 14.5 Å². The third kappa shape index (κ3) is 5.79. The molecular weight excluding hydrogens is 553 g/mol. The number of hydrogen-bond donors (Lipinski definition) is 0. The van der Waals surface area contributed by atoms with Gasteiger partial charge in [0, 0.05) is 45.5 Å². The van der Waals surface area contributed by atoms with Gasteiger partial charge >= 0.3 is 6.09 Å². The summed E-state index contributed by atoms with van der Waals surface area (Å²) >= 11 is 0. The van der Waals surface area contributed by atoms with E-state index < -0.39 is 28.9 Å². The fraction of sp³-hybridized carbons (Fsp3) is 0.297. The van der Waals surface area contributed by atoms with Crippen molar-refractivity contribution in [2.45, 2.75) is 44.1 Å². The minimum absolute atomic E-state index is 0.162. The minimum atomic E-state index is -1.31. The molecule has 4 aromatic rings. The molecule has 0 unspecified atom stereocenters. The molecule has 4 aromatic carbocycles. The zero-order chi connectivity index (χ0) is 31.8. The number of halogens is 1. The SMILES string of the molecule is CN(C)c1ccc(C(c2ccc(N(C)C)cc2)[C@@]2(Cc3cccc(F)c3)C(=O)N(C(=O)OC(C)(C)C)c3ccccc32)cc1. The maximum atomic E-state index is 15.2. The van der Waals surface area contributed by atoms with Crippen LogP contribution in [0, 0.1) is 5.82 Å². The Labute approximate surface area is 259 Å². The molecule has 228 valence electrons. The smallest absolute Gasteiger partial charge is 0.421 e. The lowest BCUT2D eigenvalue weighted by Gasteiger charge is -2.38. The minimum Gasteiger partial charge on any atom is -0.443 e. The Hall–Kier alpha value is -4.65. The molecule has 0 saturated carbocycles. The van der Waals surface area contributed by atoms with E-state index in [1.54, 1.807) is 32.9 Å². The molecule has 6 nitrogen and oxygen atoms in total. The summed E-state index contributed by atoms with van der Waals surface area (Å²) in [6.07, 6.45) is -0.573. The van der Waals surface area contributed by atoms with E-state index in [-0.39, 0.29) is 12.2 Å². The summed E-state index contributed by atoms with van der Waals surface area (Å²) in [5, 5.41) is 0. The van der Waals surface area contributed by atoms with Crippen molar-refractivity contribution < 1.29 is 18.7 Å². The first-order chi connectivity index (χ1) is 20.8. The summed E-state index contributed by atoms with van der Waals surface area (Å²) in [6, 6.07) is 30.0. The van der Waals surface area contributed by atoms with Gasteiger partial charge in [-0.05, 0) is 91.9 Å². The van der Waals surface area contributed by atoms with E-state index in [4.69, 9.17) is 4.74 Å². The second-order valence-electron chi connectivity index (χ2n) is 12.8. The average molecular weight is 594 g/mol. The van der Waals surface area contributed by atoms with Gasteiger partial charge in [0.05, 0.1) is 11.1 Å². The third-order valence-corrected chi connectivity index (χ3v) is 8.14. The second-order valence-corrected chi connectivity index (χ2v) is 12.8. The van der Waals surface area contributed by atoms with E-state index in [1.165, 1.54) is 17.0 Å². The Balaban J connectivity index is 1.82. The van der Waals surface area contributed by atoms with E-state index in [2.05, 4.69) is 0 Å². The van der Waals surface area contributed by atoms with Crippen molar-refractivity contribution in [2.75, 3.05) is 42.9 Å². The average Bonchev–Trinajstić information content (AvgIpc) is 3.20. The highest BCUT2D eigenvalue weighted by molar-refractivity contribution is 6.22. The van der Waals surface area contributed by atoms with Gasteiger partial charge in [-0.1, -0.05) is 54.6 Å². The van der Waals surface area contributed by atoms with Gasteiger partial charge in [-0.15, -0.1) is 0 Å². The number of para-hydroxylation sites is 1. The summed E-state index contributed by atoms with van der Waals surface area (Å²) in [4.78, 5) is 34.1. The predicted molar refractivity (Wildman–Crippen MR) is 175 cm³/mol. The molecule has 0 fully saturated rings. The van der Waals surface area contributed by atoms with Crippen molar-refractivity contribution in [3.05, 3.63) is 125 Å². The van der Waals surface area contributed by atoms with Gasteiger partial charge in [0.1, 0.15) is 11.4 Å². The summed E-state index contributed by atoms with van der Waals surface area (Å²) < 4.78 is 20.4. The van der Waals surface area contributed by atoms with Crippen molar-refractivity contribution in [3.63, 3.8) is 0 Å². The molecule has 0 saturated heterocycles. The Morgan fingerprint density at radius 2 is 1.36 bits per heavy atom. The molecule has 0 radical (unpaired) electrons. The standard InChI is InChI=1S/C37H40FN3O3/c1-36(2,3)44-35(43)41-32-14-9-8-13-31(32)37(34(41)42,24-25-11-10-12-28(38)23-25)33(26-15-19-29(20-16-26)39(4)5)27-17-21-30(22-18-27)40(6)7/h8-23,33H,24H2,1-7H3/t37-/m0/s1. The molecule has 1 heterocycles. The number of nitrogens with zero attached hydrogens (tertiary/aromatic N) is 3. The van der Waals surface area contributed by atoms with Crippen LogP contribution in [0.2, 0.25) is 0 Å². The van der Waals surface area contributed by atoms with Crippen LogP contribution in [0.3, 0.4) is 0 Å². The first-order valence-electron chi connectivity index (χ1n) is 14.8. The number of amides is 2. The number of hydrogen-bond acceptors (Lipinski definition) is 5. The second kappa shape index (κ2) is 11.8. The number of ether oxygens (including phenoxy) is 1. The molecule has 7 heteroatoms. The molecule has 5 rings (SSSR count). The van der Waals surface area contributed by atoms with Crippen LogP contribution < -0.4 is 14.7 Å². The van der Waals surface area contributed by atoms with Crippen LogP contribution in [0.4, 0.5) is 26.2 Å². The lowest BCUT2D eigenvalue weighted by Crippen LogP contribution is -2.49. The van der Waals surface area contributed by atoms with E-state index in [9.17, 15) is 9.18 Å². The maximum Gasteiger partial charge on any atom is 0.421 e. The van der Waals surface area contributed by atoms with E-state index in [0.717, 1.165) is 22.5 Å². The lowest BCUT2D eigenvalue weighted by molar-refractivity contribution is -0.123. The maximum absolute atomic E-state index is 15.2. The molecule has 0 bridgehead atoms. The number of rotatable bonds is 7. The molecular formula is C37H40FN3O3. The van der Waals surface area contributed by atoms with Crippen LogP contribution in [0.25, 0.3) is 0 Å². The number of fused-ring (bicyclic) bond motifs is 1. The summed E-state index contributed by atoms with van der Waals surface area (Å²) in [7, 11) is 7.92. The van der Waals surface area contributed by atoms with Crippen LogP contribution in [-0.4, -0.2) is 45.8 Å². The third-order valence-electron chi connectivity index (χ3n) is 8.14. The molecule has 0 N–H and O–H groups in total. The zero-order valence-electron chi connectivity index (χ0n) is 26.5. The Bertz CT molecular complexity index is 1610. The van der Waals surface area contributed by atoms with Crippen LogP contribution in [0.5, 0.6) is 0 Å². The van der Waals surface area contributed by atoms with Crippen molar-refractivity contribution >= 4 is 29.1 Å². The highest BCUT2D eigenvalue weighted by atomic mass is 19.1. The Morgan fingerprint density at radius 1 is 0.818 bits per heavy atom. The predicted octanol–water partition coefficient (Wildman–Crippen LogP) is 7.55. The molecule has 1 atom stereocenters. The van der Waals surface area contributed by atoms with Crippen LogP contribution in [0.15, 0.2) is 97.1 Å². The van der Waals surface area contributed by atoms with Crippen molar-refractivity contribution in [2.24, 2.45) is 0 Å². The van der Waals surface area contributed by atoms with E-state index in [0.29, 0.717) is 16.8 Å². The van der Waals surface area contributed by atoms with Crippen molar-refractivity contribution in [1.29, 1.82) is 0 Å². The number of benzene rings is 4. The number of carbonyl (C=O) groups is 2. The fourth-order valence-electron chi connectivity index (χ4n) is 6.17. The van der Waals surface area contributed by atoms with Crippen LogP contribution >= 0.6 is 0 Å². The first kappa shape index (κ1) is 30.8. The van der Waals surface area contributed by atoms with E-state index in [1.807, 2.05) is 111 Å². The van der Waals surface area contributed by atoms with Crippen LogP contribution in [-0.2, 0) is 21.4 Å². The number of anilines is 3. The highest BCUT2D eigenvalue weighted by Gasteiger charge is 2.58. The molecule has 0 aliphatic carbocycles. The van der Waals surface area contributed by atoms with Gasteiger partial charge in [-0.3, -0.25) is 4.79 Å². The monoisotopic (exact) mass is 593 g/mol. The lowest BCUT2D eigenvalue weighted by atomic mass is 9.62. The summed E-state index contributed by atoms with van der Waals surface area (Å²) in [5.74, 6) is -1.32. The first-order valence-corrected chi connectivity index (χ1v) is 14.8. The topological polar surface area (TPSA) is 53.1 Å². The van der Waals surface area contributed by atoms with Gasteiger partial charge in [-0.25, -0.2) is 14.1 Å². The quantitative estimate of drug-likeness (QED) is 0.222. The molecule has 0 spiro atoms. The largest absolute Gasteiger partial charge is 0.443 e. The molecule has 44 heavy (non-hydrogen) atoms. The molecule has 1 aliphatic rings. The molecule has 0 aromatic heterocycles. The number of carbonyl (C=O) groups excluding carboxylic acids is 2. The van der Waals surface area contributed by atoms with E-state index >= 15 is 4.79 Å². The van der Waals surface area contributed by atoms with Gasteiger partial charge in [0.2, 0.25) is 5.91 Å². The van der Waals surface area contributed by atoms with Crippen molar-refractivity contribution in [3.8, 4) is 0 Å². The Kier molecular flexibility index (Phi) is 8.25. The van der Waals surface area contributed by atoms with Crippen LogP contribution in [0.1, 0.15) is 48.9 Å². The fourth-order valence-corrected chi connectivity index (χ4v) is 6.17. The van der Waals surface area contributed by atoms with Gasteiger partial charge in [0.25, 0.3) is 0 Å². The summed E-state index contributed by atoms with van der Waals surface area (Å²) in [5.41, 5.74) is 3.54. The normalized spacial score (nSPS) is 16.2. The summed E-state index contributed by atoms with van der Waals surface area (Å²) in [6.45, 7) is 5.33. The molecule has 2 amide bonds. The number of imide groups is 1. The zero-order valence-corrected chi connectivity index (χ0v) is 26.5. The van der Waals surface area contributed by atoms with Crippen molar-refractivity contribution in [1.82, 2.24) is 0 Å². The van der Waals surface area contributed by atoms with Gasteiger partial charge in [0.15, 0.2) is 0 Å². The van der Waals surface area contributed by atoms with Gasteiger partial charge in [-0.2, -0.15) is 0 Å². The molecule has 1 aliphatic heterocycles.